The number of methoxy groups -OCH3 is 1. The first-order valence-electron chi connectivity index (χ1n) is 15.8. The number of nitrogens with one attached hydrogen (secondary N) is 1. The van der Waals surface area contributed by atoms with E-state index in [1.165, 1.54) is 63.6 Å². The first-order chi connectivity index (χ1) is 23.7. The van der Waals surface area contributed by atoms with Crippen molar-refractivity contribution in [1.29, 1.82) is 0 Å². The number of aryl methyl sites for hydroxylation is 2. The van der Waals surface area contributed by atoms with Crippen LogP contribution in [0.25, 0.3) is 11.1 Å². The van der Waals surface area contributed by atoms with Gasteiger partial charge in [-0.25, -0.2) is 4.39 Å². The number of aldehydes is 1. The van der Waals surface area contributed by atoms with Crippen LogP contribution in [0, 0.1) is 18.8 Å². The minimum absolute atomic E-state index is 0. The molecule has 7 nitrogen and oxygen atoms in total. The average Bonchev–Trinajstić information content (AvgIpc) is 3.05. The molecule has 1 heterocycles. The van der Waals surface area contributed by atoms with Crippen LogP contribution in [0.2, 0.25) is 0 Å². The Kier molecular flexibility index (Phi) is 20.3. The zero-order valence-corrected chi connectivity index (χ0v) is 34.5. The minimum atomic E-state index is -5.09. The minimum Gasteiger partial charge on any atom is -0.429 e. The number of benzene rings is 2. The molecule has 0 fully saturated rings. The number of amides is 1. The van der Waals surface area contributed by atoms with Crippen molar-refractivity contribution in [2.45, 2.75) is 78.1 Å². The van der Waals surface area contributed by atoms with Gasteiger partial charge in [-0.3, -0.25) is 15.7 Å². The number of rotatable bonds is 11. The van der Waals surface area contributed by atoms with Crippen LogP contribution in [0.3, 0.4) is 0 Å². The van der Waals surface area contributed by atoms with E-state index in [1.54, 1.807) is 27.2 Å². The predicted molar refractivity (Wildman–Crippen MR) is 186 cm³/mol. The molecule has 0 aliphatic rings. The van der Waals surface area contributed by atoms with Crippen molar-refractivity contribution in [3.63, 3.8) is 0 Å². The topological polar surface area (TPSA) is 71.8 Å². The van der Waals surface area contributed by atoms with Gasteiger partial charge in [0.25, 0.3) is 0 Å². The third-order valence-corrected chi connectivity index (χ3v) is 7.87. The van der Waals surface area contributed by atoms with Crippen LogP contribution in [0.15, 0.2) is 48.7 Å². The molecule has 16 heteroatoms. The van der Waals surface area contributed by atoms with Crippen LogP contribution in [0.5, 0.6) is 0 Å². The summed E-state index contributed by atoms with van der Waals surface area (Å²) in [6, 6.07) is 7.27. The number of anilines is 1. The van der Waals surface area contributed by atoms with Crippen molar-refractivity contribution >= 4 is 27.3 Å². The molecule has 0 saturated heterocycles. The molecule has 1 atom stereocenters. The smallest absolute Gasteiger partial charge is 0.416 e. The molecule has 3 aromatic rings. The number of hydrogen-bond acceptors (Lipinski definition) is 5. The van der Waals surface area contributed by atoms with Gasteiger partial charge < -0.3 is 19.5 Å². The normalized spacial score (nSPS) is 11.2. The summed E-state index contributed by atoms with van der Waals surface area (Å²) in [7, 11) is 8.21. The fourth-order valence-electron chi connectivity index (χ4n) is 4.93. The Labute approximate surface area is 317 Å². The number of hydrogen-bond donors (Lipinski definition) is 1. The largest absolute Gasteiger partial charge is 0.429 e. The van der Waals surface area contributed by atoms with Gasteiger partial charge in [0.05, 0.1) is 16.5 Å². The molecule has 0 bridgehead atoms. The van der Waals surface area contributed by atoms with Gasteiger partial charge in [0, 0.05) is 70.8 Å². The van der Waals surface area contributed by atoms with Gasteiger partial charge in [0.2, 0.25) is 17.8 Å². The number of alkyl halides is 6. The predicted octanol–water partition coefficient (Wildman–Crippen LogP) is 8.23. The molecule has 2 aromatic carbocycles. The number of aromatic nitrogens is 1. The van der Waals surface area contributed by atoms with Crippen molar-refractivity contribution in [1.82, 2.24) is 5.09 Å². The molecule has 1 amide bonds. The summed E-state index contributed by atoms with van der Waals surface area (Å²) in [6.45, 7) is 8.39. The quantitative estimate of drug-likeness (QED) is 0.0691. The van der Waals surface area contributed by atoms with Crippen LogP contribution in [-0.4, -0.2) is 40.6 Å². The molecule has 0 aliphatic heterocycles. The molecular formula is C36H47F7N3O4PRe. The number of carbonyl (C=O) groups is 2. The van der Waals surface area contributed by atoms with E-state index in [1.807, 2.05) is 0 Å². The SMILES string of the molecule is CCC.COC.CO[n+]1cc(N(C)C(=O)C(C)(C)c2cc(C(F)(F)F)cc(C(F)(F)F)c2)c(-c2ccc(F)cc2C)cc1CCC[C-](C=O)NP.[Re]. The zero-order chi connectivity index (χ0) is 39.3. The van der Waals surface area contributed by atoms with E-state index in [0.29, 0.717) is 66.1 Å². The summed E-state index contributed by atoms with van der Waals surface area (Å²) in [5, 5.41) is 2.73. The number of likely N-dealkylation sites (N-methyl/N-ethyl adjacent to an activating group) is 1. The Morgan fingerprint density at radius 2 is 1.44 bits per heavy atom. The van der Waals surface area contributed by atoms with Gasteiger partial charge in [-0.15, -0.1) is 6.42 Å². The summed E-state index contributed by atoms with van der Waals surface area (Å²) >= 11 is 0. The van der Waals surface area contributed by atoms with Crippen molar-refractivity contribution in [3.8, 4) is 11.1 Å². The second-order valence-electron chi connectivity index (χ2n) is 12.1. The standard InChI is InChI=1S/C31H33F7N3O3P.C3H8.C2H6O.Re/c1-18-11-22(32)9-10-25(18)26-15-24(8-6-7-23(17-42)39-45)41(44-5)16-27(26)40(4)28(43)29(2,3)19-12-20(30(33,34)35)14-21(13-19)31(36,37)38;2*1-3-2;/h9-17,39H,6-8,45H2,1-5H3;3H2,1-2H3;1-2H3;. The van der Waals surface area contributed by atoms with Gasteiger partial charge in [-0.1, -0.05) is 42.1 Å². The van der Waals surface area contributed by atoms with Crippen molar-refractivity contribution in [3.05, 3.63) is 88.5 Å². The number of pyridine rings is 1. The molecule has 291 valence electrons. The second-order valence-corrected chi connectivity index (χ2v) is 12.4. The maximum Gasteiger partial charge on any atom is 0.416 e. The van der Waals surface area contributed by atoms with E-state index >= 15 is 0 Å². The number of halogens is 7. The first kappa shape index (κ1) is 48.9. The molecule has 3 rings (SSSR count). The second kappa shape index (κ2) is 21.6. The summed E-state index contributed by atoms with van der Waals surface area (Å²) in [4.78, 5) is 31.8. The fraction of sp³-hybridized carbons (Fsp3) is 0.444. The van der Waals surface area contributed by atoms with E-state index in [4.69, 9.17) is 4.84 Å². The number of carbonyl (C=O) groups excluding carboxylic acids is 2. The van der Waals surface area contributed by atoms with Crippen molar-refractivity contribution in [2.75, 3.05) is 33.3 Å². The Morgan fingerprint density at radius 1 is 0.942 bits per heavy atom. The van der Waals surface area contributed by atoms with E-state index < -0.39 is 46.2 Å². The van der Waals surface area contributed by atoms with Gasteiger partial charge >= 0.3 is 12.4 Å². The van der Waals surface area contributed by atoms with Crippen molar-refractivity contribution in [2.24, 2.45) is 0 Å². The molecule has 1 radical (unpaired) electrons. The fourth-order valence-corrected chi connectivity index (χ4v) is 5.14. The van der Waals surface area contributed by atoms with Gasteiger partial charge in [-0.2, -0.15) is 26.3 Å². The Morgan fingerprint density at radius 3 is 1.87 bits per heavy atom. The molecule has 1 unspecified atom stereocenters. The van der Waals surface area contributed by atoms with Crippen LogP contribution < -0.4 is 19.6 Å². The third kappa shape index (κ3) is 13.4. The summed E-state index contributed by atoms with van der Waals surface area (Å²) < 4.78 is 101. The average molecular weight is 936 g/mol. The van der Waals surface area contributed by atoms with E-state index in [-0.39, 0.29) is 32.2 Å². The molecule has 1 N–H and O–H groups in total. The Hall–Kier alpha value is -3.08. The van der Waals surface area contributed by atoms with Crippen LogP contribution >= 0.6 is 9.39 Å². The number of ether oxygens (including phenoxy) is 1. The molecule has 0 saturated carbocycles. The molecular weight excluding hydrogens is 889 g/mol. The number of nitrogens with zero attached hydrogens (tertiary/aromatic N) is 2. The third-order valence-electron chi connectivity index (χ3n) is 7.50. The Balaban J connectivity index is 0.00000347. The Bertz CT molecular complexity index is 1570. The van der Waals surface area contributed by atoms with Crippen LogP contribution in [0.4, 0.5) is 36.4 Å². The van der Waals surface area contributed by atoms with E-state index in [9.17, 15) is 40.3 Å². The van der Waals surface area contributed by atoms with Crippen LogP contribution in [0.1, 0.15) is 74.9 Å². The van der Waals surface area contributed by atoms with Gasteiger partial charge in [0.1, 0.15) is 18.6 Å². The molecule has 52 heavy (non-hydrogen) atoms. The van der Waals surface area contributed by atoms with E-state index in [0.717, 1.165) is 4.90 Å². The van der Waals surface area contributed by atoms with Crippen LogP contribution in [-0.2, 0) is 58.9 Å². The summed E-state index contributed by atoms with van der Waals surface area (Å²) in [5.74, 6) is -1.32. The molecule has 0 spiro atoms. The zero-order valence-electron chi connectivity index (χ0n) is 30.7. The monoisotopic (exact) mass is 936 g/mol. The van der Waals surface area contributed by atoms with Gasteiger partial charge in [0.15, 0.2) is 0 Å². The van der Waals surface area contributed by atoms with E-state index in [2.05, 4.69) is 33.1 Å². The molecule has 0 aliphatic carbocycles. The summed E-state index contributed by atoms with van der Waals surface area (Å²) in [6.07, 6.45) is -5.45. The molecule has 1 aromatic heterocycles. The maximum atomic E-state index is 14.0. The summed E-state index contributed by atoms with van der Waals surface area (Å²) in [5.41, 5.74) is -3.14. The maximum absolute atomic E-state index is 14.0. The van der Waals surface area contributed by atoms with Crippen molar-refractivity contribution < 1.29 is 75.0 Å². The van der Waals surface area contributed by atoms with Gasteiger partial charge in [-0.05, 0) is 67.8 Å². The first-order valence-corrected chi connectivity index (χ1v) is 16.4.